The van der Waals surface area contributed by atoms with Crippen molar-refractivity contribution < 1.29 is 38.6 Å². The van der Waals surface area contributed by atoms with Crippen LogP contribution < -0.4 is 19.3 Å². The zero-order valence-corrected chi connectivity index (χ0v) is 20.6. The van der Waals surface area contributed by atoms with E-state index in [2.05, 4.69) is 17.5 Å². The quantitative estimate of drug-likeness (QED) is 0.426. The Hall–Kier alpha value is -1.92. The van der Waals surface area contributed by atoms with Crippen molar-refractivity contribution in [1.82, 2.24) is 17.5 Å². The topological polar surface area (TPSA) is 154 Å². The van der Waals surface area contributed by atoms with Crippen LogP contribution in [0.3, 0.4) is 0 Å². The molecule has 0 aromatic carbocycles. The van der Waals surface area contributed by atoms with E-state index in [1.54, 1.807) is 0 Å². The van der Waals surface area contributed by atoms with Gasteiger partial charge in [0.2, 0.25) is 11.6 Å². The number of aliphatic hydroxyl groups is 2. The van der Waals surface area contributed by atoms with Crippen LogP contribution >= 0.6 is 23.5 Å². The summed E-state index contributed by atoms with van der Waals surface area (Å²) >= 11 is 2.09. The first kappa shape index (κ1) is 24.8. The zero-order chi connectivity index (χ0) is 24.0. The smallest absolute Gasteiger partial charge is 0.270 e. The fraction of sp³-hybridized carbons (Fsp3) is 0.789. The summed E-state index contributed by atoms with van der Waals surface area (Å²) in [6, 6.07) is 0. The van der Waals surface area contributed by atoms with Crippen LogP contribution in [0, 0.1) is 0 Å². The van der Waals surface area contributed by atoms with Crippen LogP contribution in [0.15, 0.2) is 0 Å². The molecule has 14 nitrogen and oxygen atoms in total. The van der Waals surface area contributed by atoms with Gasteiger partial charge in [-0.05, 0) is 0 Å². The lowest BCUT2D eigenvalue weighted by atomic mass is 10.0. The minimum absolute atomic E-state index is 0.0326. The van der Waals surface area contributed by atoms with Crippen LogP contribution in [0.5, 0.6) is 11.8 Å². The molecule has 0 amide bonds. The Morgan fingerprint density at radius 2 is 1.14 bits per heavy atom. The van der Waals surface area contributed by atoms with E-state index in [0.29, 0.717) is 76.0 Å². The molecule has 16 heteroatoms. The van der Waals surface area contributed by atoms with Gasteiger partial charge in [0.15, 0.2) is 0 Å². The third kappa shape index (κ3) is 5.91. The molecule has 0 aliphatic carbocycles. The average molecular weight is 533 g/mol. The highest BCUT2D eigenvalue weighted by molar-refractivity contribution is 6.99. The Morgan fingerprint density at radius 3 is 1.57 bits per heavy atom. The lowest BCUT2D eigenvalue weighted by Crippen LogP contribution is -2.47. The van der Waals surface area contributed by atoms with Crippen LogP contribution in [0.25, 0.3) is 0 Å². The predicted octanol–water partition coefficient (Wildman–Crippen LogP) is -1.02. The van der Waals surface area contributed by atoms with E-state index in [4.69, 9.17) is 28.4 Å². The second-order valence-electron chi connectivity index (χ2n) is 8.12. The lowest BCUT2D eigenvalue weighted by molar-refractivity contribution is -0.119. The lowest BCUT2D eigenvalue weighted by Gasteiger charge is -2.28. The Kier molecular flexibility index (Phi) is 8.40. The number of nitrogens with zero attached hydrogens (tertiary/aromatic N) is 6. The average Bonchev–Trinajstić information content (AvgIpc) is 3.55. The van der Waals surface area contributed by atoms with E-state index in [-0.39, 0.29) is 20.0 Å². The first-order chi connectivity index (χ1) is 17.2. The Labute approximate surface area is 209 Å². The molecule has 2 aromatic heterocycles. The first-order valence-corrected chi connectivity index (χ1v) is 12.8. The van der Waals surface area contributed by atoms with Gasteiger partial charge in [-0.25, -0.2) is 0 Å². The maximum absolute atomic E-state index is 10.8. The molecule has 0 unspecified atom stereocenters. The maximum Gasteiger partial charge on any atom is 0.270 e. The van der Waals surface area contributed by atoms with Gasteiger partial charge in [-0.3, -0.25) is 0 Å². The zero-order valence-electron chi connectivity index (χ0n) is 18.9. The van der Waals surface area contributed by atoms with Gasteiger partial charge < -0.3 is 48.4 Å². The second-order valence-corrected chi connectivity index (χ2v) is 9.17. The molecule has 0 spiro atoms. The molecule has 3 fully saturated rings. The van der Waals surface area contributed by atoms with Gasteiger partial charge in [0.1, 0.15) is 44.4 Å². The monoisotopic (exact) mass is 532 g/mol. The van der Waals surface area contributed by atoms with Crippen LogP contribution in [0.2, 0.25) is 0 Å². The normalized spacial score (nSPS) is 28.1. The molecular weight excluding hydrogens is 504 g/mol. The van der Waals surface area contributed by atoms with Gasteiger partial charge in [-0.1, -0.05) is 0 Å². The predicted molar refractivity (Wildman–Crippen MR) is 123 cm³/mol. The summed E-state index contributed by atoms with van der Waals surface area (Å²) in [6.07, 6.45) is -4.20. The van der Waals surface area contributed by atoms with Crippen LogP contribution in [0.1, 0.15) is 0 Å². The molecule has 5 heterocycles. The molecular formula is C19H28N6O8S2. The number of morpholine rings is 2. The van der Waals surface area contributed by atoms with E-state index >= 15 is 0 Å². The van der Waals surface area contributed by atoms with Crippen molar-refractivity contribution in [3.05, 3.63) is 0 Å². The number of aromatic nitrogens is 4. The maximum atomic E-state index is 10.8. The fourth-order valence-electron chi connectivity index (χ4n) is 3.94. The number of anilines is 2. The van der Waals surface area contributed by atoms with Gasteiger partial charge in [-0.2, -0.15) is 8.75 Å². The minimum atomic E-state index is -1.27. The van der Waals surface area contributed by atoms with Crippen molar-refractivity contribution in [2.75, 3.05) is 82.4 Å². The van der Waals surface area contributed by atoms with Crippen LogP contribution in [-0.4, -0.2) is 125 Å². The summed E-state index contributed by atoms with van der Waals surface area (Å²) in [5.41, 5.74) is 0. The van der Waals surface area contributed by atoms with E-state index < -0.39 is 24.4 Å². The van der Waals surface area contributed by atoms with Gasteiger partial charge in [-0.15, -0.1) is 8.75 Å². The van der Waals surface area contributed by atoms with E-state index in [0.717, 1.165) is 23.5 Å². The Balaban J connectivity index is 1.15. The molecule has 0 radical (unpaired) electrons. The third-order valence-corrected chi connectivity index (χ3v) is 6.95. The standard InChI is InChI=1S/C19H28N6O8S2/c26-14-12(9-30-18-16(20-34-22-18)24-1-5-28-6-2-24)32-11-33-13(15(14)27)10-31-19-17(21-35-23-19)25-3-7-29-8-4-25/h12-15,26-27H,1-11H2/t12-,13-,14-,15+/m1/s1. The third-order valence-electron chi connectivity index (χ3n) is 5.95. The molecule has 35 heavy (non-hydrogen) atoms. The van der Waals surface area contributed by atoms with Crippen molar-refractivity contribution in [3.63, 3.8) is 0 Å². The summed E-state index contributed by atoms with van der Waals surface area (Å²) in [7, 11) is 0. The van der Waals surface area contributed by atoms with E-state index in [1.165, 1.54) is 0 Å². The number of ether oxygens (including phenoxy) is 6. The first-order valence-electron chi connectivity index (χ1n) is 11.4. The summed E-state index contributed by atoms with van der Waals surface area (Å²) in [6.45, 7) is 5.01. The van der Waals surface area contributed by atoms with E-state index in [9.17, 15) is 10.2 Å². The van der Waals surface area contributed by atoms with Crippen molar-refractivity contribution in [3.8, 4) is 11.8 Å². The molecule has 4 atom stereocenters. The summed E-state index contributed by atoms with van der Waals surface area (Å²) in [4.78, 5) is 4.08. The molecule has 3 saturated heterocycles. The van der Waals surface area contributed by atoms with Gasteiger partial charge in [0.25, 0.3) is 11.8 Å². The summed E-state index contributed by atoms with van der Waals surface area (Å²) in [5.74, 6) is 1.99. The summed E-state index contributed by atoms with van der Waals surface area (Å²) in [5, 5.41) is 21.5. The minimum Gasteiger partial charge on any atom is -0.472 e. The second kappa shape index (κ2) is 11.9. The van der Waals surface area contributed by atoms with Crippen molar-refractivity contribution >= 4 is 35.1 Å². The number of hydrogen-bond donors (Lipinski definition) is 2. The molecule has 3 aliphatic heterocycles. The van der Waals surface area contributed by atoms with Crippen molar-refractivity contribution in [2.24, 2.45) is 0 Å². The van der Waals surface area contributed by atoms with Gasteiger partial charge >= 0.3 is 0 Å². The Morgan fingerprint density at radius 1 is 0.714 bits per heavy atom. The molecule has 0 saturated carbocycles. The molecule has 194 valence electrons. The largest absolute Gasteiger partial charge is 0.472 e. The number of hydrogen-bond acceptors (Lipinski definition) is 16. The molecule has 5 rings (SSSR count). The van der Waals surface area contributed by atoms with E-state index in [1.807, 2.05) is 9.80 Å². The number of aliphatic hydroxyl groups excluding tert-OH is 2. The molecule has 2 N–H and O–H groups in total. The van der Waals surface area contributed by atoms with Crippen molar-refractivity contribution in [1.29, 1.82) is 0 Å². The summed E-state index contributed by atoms with van der Waals surface area (Å²) < 4.78 is 50.7. The SMILES string of the molecule is O[C@@H]1[C@H](O)[C@@H](COc2nsnc2N2CCOCC2)OCO[C@@H]1COc1nsnc1N1CCOCC1. The Bertz CT molecular complexity index is 853. The highest BCUT2D eigenvalue weighted by atomic mass is 32.1. The molecule has 2 aromatic rings. The van der Waals surface area contributed by atoms with Crippen molar-refractivity contribution in [2.45, 2.75) is 24.4 Å². The van der Waals surface area contributed by atoms with Crippen LogP contribution in [0.4, 0.5) is 11.6 Å². The molecule has 3 aliphatic rings. The van der Waals surface area contributed by atoms with Gasteiger partial charge in [0.05, 0.1) is 49.9 Å². The highest BCUT2D eigenvalue weighted by Crippen LogP contribution is 2.29. The fourth-order valence-corrected chi connectivity index (χ4v) is 4.98. The highest BCUT2D eigenvalue weighted by Gasteiger charge is 2.38. The van der Waals surface area contributed by atoms with Crippen LogP contribution in [-0.2, 0) is 18.9 Å². The molecule has 0 bridgehead atoms. The van der Waals surface area contributed by atoms with Gasteiger partial charge in [0, 0.05) is 26.2 Å². The number of rotatable bonds is 8.